The summed E-state index contributed by atoms with van der Waals surface area (Å²) in [7, 11) is -2.06. The summed E-state index contributed by atoms with van der Waals surface area (Å²) >= 11 is 0. The monoisotopic (exact) mass is 369 g/mol. The lowest BCUT2D eigenvalue weighted by atomic mass is 10.2. The maximum absolute atomic E-state index is 12.5. The number of aryl methyl sites for hydroxylation is 1. The van der Waals surface area contributed by atoms with Crippen LogP contribution in [0.2, 0.25) is 0 Å². The Bertz CT molecular complexity index is 1000. The van der Waals surface area contributed by atoms with Crippen molar-refractivity contribution in [2.45, 2.75) is 11.8 Å². The van der Waals surface area contributed by atoms with Gasteiger partial charge < -0.3 is 10.1 Å². The number of aromatic nitrogens is 1. The SMILES string of the molecule is COc1ccccc1Nc1ccc(NS(=O)(=O)c2ccccc2C)cn1. The Kier molecular flexibility index (Phi) is 5.09. The number of ether oxygens (including phenoxy) is 1. The molecule has 0 spiro atoms. The van der Waals surface area contributed by atoms with Gasteiger partial charge in [0.25, 0.3) is 10.0 Å². The number of para-hydroxylation sites is 2. The van der Waals surface area contributed by atoms with Crippen LogP contribution in [0.3, 0.4) is 0 Å². The topological polar surface area (TPSA) is 80.3 Å². The van der Waals surface area contributed by atoms with Crippen LogP contribution in [-0.2, 0) is 10.0 Å². The van der Waals surface area contributed by atoms with Gasteiger partial charge in [-0.15, -0.1) is 0 Å². The quantitative estimate of drug-likeness (QED) is 0.688. The number of nitrogens with one attached hydrogen (secondary N) is 2. The van der Waals surface area contributed by atoms with Crippen LogP contribution in [0, 0.1) is 6.92 Å². The fourth-order valence-corrected chi connectivity index (χ4v) is 3.77. The number of hydrogen-bond acceptors (Lipinski definition) is 5. The molecular formula is C19H19N3O3S. The van der Waals surface area contributed by atoms with E-state index >= 15 is 0 Å². The van der Waals surface area contributed by atoms with E-state index in [-0.39, 0.29) is 4.90 Å². The second kappa shape index (κ2) is 7.45. The van der Waals surface area contributed by atoms with Crippen LogP contribution in [0.5, 0.6) is 5.75 Å². The predicted octanol–water partition coefficient (Wildman–Crippen LogP) is 3.94. The number of pyridine rings is 1. The smallest absolute Gasteiger partial charge is 0.262 e. The second-order valence-electron chi connectivity index (χ2n) is 5.63. The fourth-order valence-electron chi connectivity index (χ4n) is 2.48. The molecule has 0 amide bonds. The summed E-state index contributed by atoms with van der Waals surface area (Å²) in [4.78, 5) is 4.50. The summed E-state index contributed by atoms with van der Waals surface area (Å²) in [5.74, 6) is 1.27. The van der Waals surface area contributed by atoms with Crippen molar-refractivity contribution in [3.63, 3.8) is 0 Å². The van der Waals surface area contributed by atoms with E-state index in [0.29, 0.717) is 22.8 Å². The molecule has 3 aromatic rings. The molecule has 0 radical (unpaired) electrons. The molecule has 3 rings (SSSR count). The molecule has 2 N–H and O–H groups in total. The Morgan fingerprint density at radius 1 is 0.962 bits per heavy atom. The molecule has 7 heteroatoms. The molecule has 0 saturated carbocycles. The van der Waals surface area contributed by atoms with Crippen molar-refractivity contribution in [3.8, 4) is 5.75 Å². The third kappa shape index (κ3) is 3.94. The van der Waals surface area contributed by atoms with E-state index in [1.807, 2.05) is 24.3 Å². The lowest BCUT2D eigenvalue weighted by Gasteiger charge is -2.12. The van der Waals surface area contributed by atoms with E-state index in [4.69, 9.17) is 4.74 Å². The van der Waals surface area contributed by atoms with E-state index in [2.05, 4.69) is 15.0 Å². The van der Waals surface area contributed by atoms with Crippen LogP contribution in [0.25, 0.3) is 0 Å². The minimum Gasteiger partial charge on any atom is -0.495 e. The molecule has 0 atom stereocenters. The highest BCUT2D eigenvalue weighted by Crippen LogP contribution is 2.26. The lowest BCUT2D eigenvalue weighted by Crippen LogP contribution is -2.14. The van der Waals surface area contributed by atoms with Crippen LogP contribution in [0.4, 0.5) is 17.2 Å². The Balaban J connectivity index is 1.77. The highest BCUT2D eigenvalue weighted by atomic mass is 32.2. The normalized spacial score (nSPS) is 11.0. The van der Waals surface area contributed by atoms with Crippen molar-refractivity contribution in [1.82, 2.24) is 4.98 Å². The first-order valence-corrected chi connectivity index (χ1v) is 9.42. The first-order chi connectivity index (χ1) is 12.5. The van der Waals surface area contributed by atoms with Gasteiger partial charge in [-0.05, 0) is 42.8 Å². The Morgan fingerprint density at radius 2 is 1.69 bits per heavy atom. The number of hydrogen-bond donors (Lipinski definition) is 2. The first-order valence-electron chi connectivity index (χ1n) is 7.94. The number of methoxy groups -OCH3 is 1. The highest BCUT2D eigenvalue weighted by molar-refractivity contribution is 7.92. The molecule has 0 unspecified atom stereocenters. The third-order valence-corrected chi connectivity index (χ3v) is 5.31. The molecule has 0 aliphatic heterocycles. The van der Waals surface area contributed by atoms with Gasteiger partial charge in [0.2, 0.25) is 0 Å². The molecular weight excluding hydrogens is 350 g/mol. The van der Waals surface area contributed by atoms with Gasteiger partial charge in [-0.1, -0.05) is 30.3 Å². The third-order valence-electron chi connectivity index (χ3n) is 3.77. The molecule has 0 saturated heterocycles. The Hall–Kier alpha value is -3.06. The van der Waals surface area contributed by atoms with Gasteiger partial charge >= 0.3 is 0 Å². The van der Waals surface area contributed by atoms with Crippen molar-refractivity contribution in [2.24, 2.45) is 0 Å². The molecule has 0 bridgehead atoms. The van der Waals surface area contributed by atoms with Crippen LogP contribution in [-0.4, -0.2) is 20.5 Å². The number of sulfonamides is 1. The highest BCUT2D eigenvalue weighted by Gasteiger charge is 2.16. The molecule has 1 aromatic heterocycles. The predicted molar refractivity (Wildman–Crippen MR) is 103 cm³/mol. The van der Waals surface area contributed by atoms with Crippen molar-refractivity contribution >= 4 is 27.2 Å². The molecule has 2 aromatic carbocycles. The van der Waals surface area contributed by atoms with Crippen LogP contribution >= 0.6 is 0 Å². The van der Waals surface area contributed by atoms with Gasteiger partial charge in [-0.25, -0.2) is 13.4 Å². The molecule has 134 valence electrons. The van der Waals surface area contributed by atoms with E-state index < -0.39 is 10.0 Å². The average Bonchev–Trinajstić information content (AvgIpc) is 2.64. The average molecular weight is 369 g/mol. The fraction of sp³-hybridized carbons (Fsp3) is 0.105. The minimum absolute atomic E-state index is 0.247. The number of benzene rings is 2. The zero-order chi connectivity index (χ0) is 18.6. The Labute approximate surface area is 152 Å². The summed E-state index contributed by atoms with van der Waals surface area (Å²) in [6.45, 7) is 1.76. The Morgan fingerprint density at radius 3 is 2.38 bits per heavy atom. The van der Waals surface area contributed by atoms with Gasteiger partial charge in [-0.3, -0.25) is 4.72 Å². The number of rotatable bonds is 6. The van der Waals surface area contributed by atoms with Gasteiger partial charge in [0.05, 0.1) is 29.6 Å². The van der Waals surface area contributed by atoms with E-state index in [1.165, 1.54) is 6.20 Å². The molecule has 1 heterocycles. The van der Waals surface area contributed by atoms with E-state index in [9.17, 15) is 8.42 Å². The largest absolute Gasteiger partial charge is 0.495 e. The van der Waals surface area contributed by atoms with Crippen molar-refractivity contribution in [1.29, 1.82) is 0 Å². The van der Waals surface area contributed by atoms with Crippen molar-refractivity contribution in [2.75, 3.05) is 17.1 Å². The van der Waals surface area contributed by atoms with Crippen LogP contribution in [0.1, 0.15) is 5.56 Å². The molecule has 26 heavy (non-hydrogen) atoms. The minimum atomic E-state index is -3.66. The van der Waals surface area contributed by atoms with Gasteiger partial charge in [-0.2, -0.15) is 0 Å². The van der Waals surface area contributed by atoms with Crippen molar-refractivity contribution < 1.29 is 13.2 Å². The zero-order valence-corrected chi connectivity index (χ0v) is 15.2. The zero-order valence-electron chi connectivity index (χ0n) is 14.4. The van der Waals surface area contributed by atoms with Gasteiger partial charge in [0, 0.05) is 0 Å². The molecule has 0 aliphatic rings. The van der Waals surface area contributed by atoms with Crippen LogP contribution in [0.15, 0.2) is 71.8 Å². The van der Waals surface area contributed by atoms with E-state index in [0.717, 1.165) is 5.69 Å². The summed E-state index contributed by atoms with van der Waals surface area (Å²) in [6.07, 6.45) is 1.47. The summed E-state index contributed by atoms with van der Waals surface area (Å²) in [5, 5.41) is 3.14. The van der Waals surface area contributed by atoms with Crippen molar-refractivity contribution in [3.05, 3.63) is 72.4 Å². The number of nitrogens with zero attached hydrogens (tertiary/aromatic N) is 1. The maximum Gasteiger partial charge on any atom is 0.262 e. The molecule has 0 aliphatic carbocycles. The van der Waals surface area contributed by atoms with E-state index in [1.54, 1.807) is 50.4 Å². The summed E-state index contributed by atoms with van der Waals surface area (Å²) < 4.78 is 32.9. The lowest BCUT2D eigenvalue weighted by molar-refractivity contribution is 0.417. The van der Waals surface area contributed by atoms with Gasteiger partial charge in [0.15, 0.2) is 0 Å². The number of anilines is 3. The molecule has 6 nitrogen and oxygen atoms in total. The van der Waals surface area contributed by atoms with Gasteiger partial charge in [0.1, 0.15) is 11.6 Å². The van der Waals surface area contributed by atoms with Crippen LogP contribution < -0.4 is 14.8 Å². The summed E-state index contributed by atoms with van der Waals surface area (Å²) in [5.41, 5.74) is 1.84. The summed E-state index contributed by atoms with van der Waals surface area (Å²) in [6, 6.07) is 17.6. The second-order valence-corrected chi connectivity index (χ2v) is 7.28. The maximum atomic E-state index is 12.5. The molecule has 0 fully saturated rings. The first kappa shape index (κ1) is 17.8. The standard InChI is InChI=1S/C19H19N3O3S/c1-14-7-3-6-10-18(14)26(23,24)22-15-11-12-19(20-13-15)21-16-8-4-5-9-17(16)25-2/h3-13,22H,1-2H3,(H,20,21).